The van der Waals surface area contributed by atoms with Crippen molar-refractivity contribution in [2.75, 3.05) is 13.2 Å². The molecule has 2 aromatic carbocycles. The normalized spacial score (nSPS) is 12.6. The number of imidazole rings is 1. The summed E-state index contributed by atoms with van der Waals surface area (Å²) in [5.41, 5.74) is 6.23. The van der Waals surface area contributed by atoms with E-state index in [0.717, 1.165) is 51.0 Å². The Morgan fingerprint density at radius 2 is 1.81 bits per heavy atom. The van der Waals surface area contributed by atoms with Crippen molar-refractivity contribution in [1.29, 1.82) is 0 Å². The molecular formula is C28H25N5O3. The number of pyridine rings is 1. The summed E-state index contributed by atoms with van der Waals surface area (Å²) in [6.07, 6.45) is 3.55. The fourth-order valence-corrected chi connectivity index (χ4v) is 4.64. The van der Waals surface area contributed by atoms with Gasteiger partial charge in [0, 0.05) is 35.9 Å². The van der Waals surface area contributed by atoms with Gasteiger partial charge in [-0.05, 0) is 55.8 Å². The molecule has 0 unspecified atom stereocenters. The number of hydrogen-bond donors (Lipinski definition) is 1. The Bertz CT molecular complexity index is 1580. The molecule has 8 heteroatoms. The Kier molecular flexibility index (Phi) is 5.41. The van der Waals surface area contributed by atoms with E-state index in [1.54, 1.807) is 12.5 Å². The highest BCUT2D eigenvalue weighted by molar-refractivity contribution is 5.96. The van der Waals surface area contributed by atoms with Gasteiger partial charge in [0.2, 0.25) is 0 Å². The molecule has 0 spiro atoms. The van der Waals surface area contributed by atoms with Gasteiger partial charge < -0.3 is 19.4 Å². The lowest BCUT2D eigenvalue weighted by Gasteiger charge is -2.20. The van der Waals surface area contributed by atoms with Crippen molar-refractivity contribution in [2.24, 2.45) is 0 Å². The van der Waals surface area contributed by atoms with Crippen molar-refractivity contribution in [3.8, 4) is 23.0 Å². The summed E-state index contributed by atoms with van der Waals surface area (Å²) in [6.45, 7) is 5.40. The molecule has 6 rings (SSSR count). The van der Waals surface area contributed by atoms with Gasteiger partial charge in [-0.25, -0.2) is 9.97 Å². The number of nitrogens with one attached hydrogen (secondary N) is 1. The standard InChI is InChI=1S/C28H25N5O3/c1-18-13-22(19(2)33(18)21-8-9-25-26(14-21)36-12-11-35-25)28(34)30-16-20-7-10-27(29-15-20)32-17-31-23-5-3-4-6-24(23)32/h3-10,13-15,17H,11-12,16H2,1-2H3,(H,30,34). The van der Waals surface area contributed by atoms with Crippen molar-refractivity contribution >= 4 is 16.9 Å². The molecule has 0 bridgehead atoms. The average molecular weight is 480 g/mol. The van der Waals surface area contributed by atoms with Gasteiger partial charge in [0.25, 0.3) is 5.91 Å². The van der Waals surface area contributed by atoms with Gasteiger partial charge in [0.05, 0.1) is 16.6 Å². The molecule has 1 N–H and O–H groups in total. The second kappa shape index (κ2) is 8.88. The molecule has 1 aliphatic rings. The Balaban J connectivity index is 1.17. The SMILES string of the molecule is Cc1cc(C(=O)NCc2ccc(-n3cnc4ccccc43)nc2)c(C)n1-c1ccc2c(c1)OCCO2. The Morgan fingerprint density at radius 3 is 2.64 bits per heavy atom. The van der Waals surface area contributed by atoms with E-state index < -0.39 is 0 Å². The zero-order valence-electron chi connectivity index (χ0n) is 20.1. The van der Waals surface area contributed by atoms with Crippen LogP contribution >= 0.6 is 0 Å². The lowest BCUT2D eigenvalue weighted by atomic mass is 10.2. The van der Waals surface area contributed by atoms with Crippen molar-refractivity contribution in [2.45, 2.75) is 20.4 Å². The predicted octanol–water partition coefficient (Wildman–Crippen LogP) is 4.53. The van der Waals surface area contributed by atoms with E-state index in [2.05, 4.69) is 19.9 Å². The molecular weight excluding hydrogens is 454 g/mol. The predicted molar refractivity (Wildman–Crippen MR) is 136 cm³/mol. The Hall–Kier alpha value is -4.59. The lowest BCUT2D eigenvalue weighted by Crippen LogP contribution is -2.23. The number of nitrogens with zero attached hydrogens (tertiary/aromatic N) is 4. The third-order valence-corrected chi connectivity index (χ3v) is 6.42. The number of benzene rings is 2. The van der Waals surface area contributed by atoms with Crippen LogP contribution in [0.2, 0.25) is 0 Å². The molecule has 0 aliphatic carbocycles. The summed E-state index contributed by atoms with van der Waals surface area (Å²) in [5.74, 6) is 2.11. The first-order valence-electron chi connectivity index (χ1n) is 11.8. The quantitative estimate of drug-likeness (QED) is 0.401. The van der Waals surface area contributed by atoms with Gasteiger partial charge in [-0.2, -0.15) is 0 Å². The number of rotatable bonds is 5. The molecule has 0 saturated carbocycles. The number of aryl methyl sites for hydroxylation is 1. The summed E-state index contributed by atoms with van der Waals surface area (Å²) in [6, 6.07) is 19.6. The first kappa shape index (κ1) is 21.9. The van der Waals surface area contributed by atoms with Crippen LogP contribution in [0, 0.1) is 13.8 Å². The molecule has 180 valence electrons. The third kappa shape index (κ3) is 3.86. The maximum Gasteiger partial charge on any atom is 0.253 e. The van der Waals surface area contributed by atoms with Crippen LogP contribution in [0.5, 0.6) is 11.5 Å². The number of amides is 1. The monoisotopic (exact) mass is 479 g/mol. The number of carbonyl (C=O) groups excluding carboxylic acids is 1. The Morgan fingerprint density at radius 1 is 0.972 bits per heavy atom. The first-order valence-corrected chi connectivity index (χ1v) is 11.8. The smallest absolute Gasteiger partial charge is 0.253 e. The van der Waals surface area contributed by atoms with Crippen LogP contribution in [-0.2, 0) is 6.54 Å². The largest absolute Gasteiger partial charge is 0.486 e. The van der Waals surface area contributed by atoms with E-state index in [-0.39, 0.29) is 5.91 Å². The van der Waals surface area contributed by atoms with Gasteiger partial charge in [-0.15, -0.1) is 0 Å². The van der Waals surface area contributed by atoms with E-state index in [1.165, 1.54) is 0 Å². The maximum absolute atomic E-state index is 13.1. The maximum atomic E-state index is 13.1. The van der Waals surface area contributed by atoms with E-state index in [0.29, 0.717) is 25.3 Å². The minimum Gasteiger partial charge on any atom is -0.486 e. The van der Waals surface area contributed by atoms with Crippen LogP contribution in [0.25, 0.3) is 22.5 Å². The van der Waals surface area contributed by atoms with Crippen LogP contribution < -0.4 is 14.8 Å². The molecule has 0 fully saturated rings. The highest BCUT2D eigenvalue weighted by Crippen LogP contribution is 2.33. The summed E-state index contributed by atoms with van der Waals surface area (Å²) in [4.78, 5) is 22.1. The minimum atomic E-state index is -0.128. The zero-order chi connectivity index (χ0) is 24.6. The topological polar surface area (TPSA) is 83.2 Å². The number of para-hydroxylation sites is 2. The summed E-state index contributed by atoms with van der Waals surface area (Å²) >= 11 is 0. The summed E-state index contributed by atoms with van der Waals surface area (Å²) < 4.78 is 15.4. The molecule has 1 aliphatic heterocycles. The summed E-state index contributed by atoms with van der Waals surface area (Å²) in [5, 5.41) is 3.03. The van der Waals surface area contributed by atoms with Crippen molar-refractivity contribution in [3.63, 3.8) is 0 Å². The molecule has 3 aromatic heterocycles. The highest BCUT2D eigenvalue weighted by atomic mass is 16.6. The number of ether oxygens (including phenoxy) is 2. The van der Waals surface area contributed by atoms with E-state index in [4.69, 9.17) is 9.47 Å². The highest BCUT2D eigenvalue weighted by Gasteiger charge is 2.19. The molecule has 8 nitrogen and oxygen atoms in total. The number of fused-ring (bicyclic) bond motifs is 2. The third-order valence-electron chi connectivity index (χ3n) is 6.42. The minimum absolute atomic E-state index is 0.128. The van der Waals surface area contributed by atoms with Crippen LogP contribution in [0.3, 0.4) is 0 Å². The van der Waals surface area contributed by atoms with Crippen LogP contribution in [0.1, 0.15) is 27.3 Å². The van der Waals surface area contributed by atoms with Gasteiger partial charge >= 0.3 is 0 Å². The molecule has 0 radical (unpaired) electrons. The van der Waals surface area contributed by atoms with Gasteiger partial charge in [-0.1, -0.05) is 18.2 Å². The Labute approximate surface area is 208 Å². The molecule has 1 amide bonds. The summed E-state index contributed by atoms with van der Waals surface area (Å²) in [7, 11) is 0. The fourth-order valence-electron chi connectivity index (χ4n) is 4.64. The number of hydrogen-bond acceptors (Lipinski definition) is 5. The number of carbonyl (C=O) groups is 1. The fraction of sp³-hybridized carbons (Fsp3) is 0.179. The molecule has 0 atom stereocenters. The van der Waals surface area contributed by atoms with Crippen molar-refractivity contribution in [3.05, 3.63) is 95.7 Å². The average Bonchev–Trinajstić information content (AvgIpc) is 3.47. The van der Waals surface area contributed by atoms with Crippen molar-refractivity contribution in [1.82, 2.24) is 24.4 Å². The van der Waals surface area contributed by atoms with E-state index in [9.17, 15) is 4.79 Å². The van der Waals surface area contributed by atoms with Crippen LogP contribution in [0.4, 0.5) is 0 Å². The van der Waals surface area contributed by atoms with E-state index in [1.807, 2.05) is 79.1 Å². The molecule has 36 heavy (non-hydrogen) atoms. The first-order chi connectivity index (χ1) is 17.6. The number of aromatic nitrogens is 4. The second-order valence-corrected chi connectivity index (χ2v) is 8.76. The molecule has 4 heterocycles. The van der Waals surface area contributed by atoms with Gasteiger partial charge in [0.15, 0.2) is 11.5 Å². The second-order valence-electron chi connectivity index (χ2n) is 8.76. The molecule has 5 aromatic rings. The van der Waals surface area contributed by atoms with Crippen LogP contribution in [-0.4, -0.2) is 38.2 Å². The van der Waals surface area contributed by atoms with E-state index >= 15 is 0 Å². The molecule has 0 saturated heterocycles. The van der Waals surface area contributed by atoms with Gasteiger partial charge in [0.1, 0.15) is 25.4 Å². The van der Waals surface area contributed by atoms with Crippen LogP contribution in [0.15, 0.2) is 73.2 Å². The lowest BCUT2D eigenvalue weighted by molar-refractivity contribution is 0.0950. The zero-order valence-corrected chi connectivity index (χ0v) is 20.1. The van der Waals surface area contributed by atoms with Crippen molar-refractivity contribution < 1.29 is 14.3 Å². The van der Waals surface area contributed by atoms with Gasteiger partial charge in [-0.3, -0.25) is 9.36 Å².